The van der Waals surface area contributed by atoms with Crippen LogP contribution in [0.15, 0.2) is 0 Å². The lowest BCUT2D eigenvalue weighted by Crippen LogP contribution is -2.15. The van der Waals surface area contributed by atoms with Crippen molar-refractivity contribution in [3.8, 4) is 6.01 Å². The Kier molecular flexibility index (Phi) is 5.12. The number of hydrogen-bond acceptors (Lipinski definition) is 6. The van der Waals surface area contributed by atoms with E-state index in [2.05, 4.69) is 46.4 Å². The Hall–Kier alpha value is -1.59. The Morgan fingerprint density at radius 1 is 1.11 bits per heavy atom. The standard InChI is InChI=1S/C12H23N5O/c1-6-18-11-16-9(13-5)15-10(17-11)14-8-7-12(2,3)4/h6-8H2,1-5H3,(H2,13,14,15,16,17). The SMILES string of the molecule is CCOc1nc(NC)nc(NCCC(C)(C)C)n1. The number of nitrogens with zero attached hydrogens (tertiary/aromatic N) is 3. The molecule has 0 fully saturated rings. The minimum atomic E-state index is 0.286. The molecule has 0 saturated carbocycles. The summed E-state index contributed by atoms with van der Waals surface area (Å²) < 4.78 is 5.29. The molecule has 6 heteroatoms. The Labute approximate surface area is 109 Å². The van der Waals surface area contributed by atoms with Gasteiger partial charge in [-0.15, -0.1) is 0 Å². The molecule has 0 aromatic carbocycles. The molecule has 0 aliphatic rings. The van der Waals surface area contributed by atoms with Crippen molar-refractivity contribution in [1.82, 2.24) is 15.0 Å². The van der Waals surface area contributed by atoms with Gasteiger partial charge in [0.1, 0.15) is 0 Å². The van der Waals surface area contributed by atoms with Gasteiger partial charge in [0.25, 0.3) is 0 Å². The highest BCUT2D eigenvalue weighted by Gasteiger charge is 2.11. The van der Waals surface area contributed by atoms with E-state index < -0.39 is 0 Å². The highest BCUT2D eigenvalue weighted by molar-refractivity contribution is 5.35. The summed E-state index contributed by atoms with van der Waals surface area (Å²) in [5.41, 5.74) is 0.286. The van der Waals surface area contributed by atoms with E-state index in [0.717, 1.165) is 13.0 Å². The van der Waals surface area contributed by atoms with Gasteiger partial charge in [0.05, 0.1) is 6.61 Å². The average molecular weight is 253 g/mol. The molecule has 2 N–H and O–H groups in total. The number of ether oxygens (including phenoxy) is 1. The summed E-state index contributed by atoms with van der Waals surface area (Å²) >= 11 is 0. The van der Waals surface area contributed by atoms with E-state index in [-0.39, 0.29) is 5.41 Å². The molecule has 0 atom stereocenters. The van der Waals surface area contributed by atoms with Gasteiger partial charge in [-0.2, -0.15) is 15.0 Å². The Bertz CT molecular complexity index is 375. The lowest BCUT2D eigenvalue weighted by molar-refractivity contribution is 0.312. The second-order valence-electron chi connectivity index (χ2n) is 5.19. The van der Waals surface area contributed by atoms with Crippen LogP contribution in [0, 0.1) is 5.41 Å². The minimum absolute atomic E-state index is 0.286. The molecule has 0 saturated heterocycles. The van der Waals surface area contributed by atoms with Gasteiger partial charge < -0.3 is 15.4 Å². The topological polar surface area (TPSA) is 72.0 Å². The molecule has 18 heavy (non-hydrogen) atoms. The van der Waals surface area contributed by atoms with Gasteiger partial charge in [-0.3, -0.25) is 0 Å². The summed E-state index contributed by atoms with van der Waals surface area (Å²) in [5, 5.41) is 6.08. The van der Waals surface area contributed by atoms with Crippen LogP contribution in [0.5, 0.6) is 6.01 Å². The molecule has 0 unspecified atom stereocenters. The van der Waals surface area contributed by atoms with Crippen LogP contribution < -0.4 is 15.4 Å². The monoisotopic (exact) mass is 253 g/mol. The van der Waals surface area contributed by atoms with Crippen LogP contribution in [-0.4, -0.2) is 35.2 Å². The number of aromatic nitrogens is 3. The number of hydrogen-bond donors (Lipinski definition) is 2. The molecule has 6 nitrogen and oxygen atoms in total. The summed E-state index contributed by atoms with van der Waals surface area (Å²) in [6.07, 6.45) is 1.04. The summed E-state index contributed by atoms with van der Waals surface area (Å²) in [6.45, 7) is 9.86. The van der Waals surface area contributed by atoms with Gasteiger partial charge in [-0.1, -0.05) is 20.8 Å². The van der Waals surface area contributed by atoms with Gasteiger partial charge in [-0.25, -0.2) is 0 Å². The van der Waals surface area contributed by atoms with E-state index >= 15 is 0 Å². The normalized spacial score (nSPS) is 11.2. The minimum Gasteiger partial charge on any atom is -0.464 e. The third-order valence-corrected chi connectivity index (χ3v) is 2.27. The molecule has 1 heterocycles. The summed E-state index contributed by atoms with van der Waals surface area (Å²) in [7, 11) is 1.77. The van der Waals surface area contributed by atoms with Crippen LogP contribution in [0.4, 0.5) is 11.9 Å². The van der Waals surface area contributed by atoms with E-state index in [4.69, 9.17) is 4.74 Å². The average Bonchev–Trinajstić information content (AvgIpc) is 2.27. The lowest BCUT2D eigenvalue weighted by atomic mass is 9.92. The van der Waals surface area contributed by atoms with Gasteiger partial charge in [-0.05, 0) is 18.8 Å². The van der Waals surface area contributed by atoms with Gasteiger partial charge in [0.2, 0.25) is 11.9 Å². The van der Waals surface area contributed by atoms with Crippen molar-refractivity contribution >= 4 is 11.9 Å². The second kappa shape index (κ2) is 6.37. The van der Waals surface area contributed by atoms with Crippen LogP contribution in [0.25, 0.3) is 0 Å². The van der Waals surface area contributed by atoms with Crippen LogP contribution in [0.2, 0.25) is 0 Å². The molecule has 0 bridgehead atoms. The van der Waals surface area contributed by atoms with E-state index in [1.165, 1.54) is 0 Å². The predicted molar refractivity (Wildman–Crippen MR) is 73.1 cm³/mol. The van der Waals surface area contributed by atoms with Gasteiger partial charge >= 0.3 is 6.01 Å². The zero-order valence-corrected chi connectivity index (χ0v) is 11.9. The molecule has 0 radical (unpaired) electrons. The first-order valence-electron chi connectivity index (χ1n) is 6.25. The maximum Gasteiger partial charge on any atom is 0.323 e. The third kappa shape index (κ3) is 5.16. The predicted octanol–water partition coefficient (Wildman–Crippen LogP) is 2.16. The fourth-order valence-corrected chi connectivity index (χ4v) is 1.29. The molecule has 0 amide bonds. The van der Waals surface area contributed by atoms with Crippen molar-refractivity contribution < 1.29 is 4.74 Å². The molecule has 1 aromatic heterocycles. The van der Waals surface area contributed by atoms with Crippen LogP contribution >= 0.6 is 0 Å². The van der Waals surface area contributed by atoms with Crippen molar-refractivity contribution in [1.29, 1.82) is 0 Å². The summed E-state index contributed by atoms with van der Waals surface area (Å²) in [4.78, 5) is 12.5. The smallest absolute Gasteiger partial charge is 0.323 e. The first-order valence-corrected chi connectivity index (χ1v) is 6.25. The zero-order valence-electron chi connectivity index (χ0n) is 11.9. The van der Waals surface area contributed by atoms with Crippen LogP contribution in [0.3, 0.4) is 0 Å². The molecule has 0 spiro atoms. The number of anilines is 2. The van der Waals surface area contributed by atoms with Crippen molar-refractivity contribution in [2.75, 3.05) is 30.8 Å². The quantitative estimate of drug-likeness (QED) is 0.809. The molecule has 1 rings (SSSR count). The molecule has 102 valence electrons. The second-order valence-corrected chi connectivity index (χ2v) is 5.19. The lowest BCUT2D eigenvalue weighted by Gasteiger charge is -2.18. The Balaban J connectivity index is 2.66. The van der Waals surface area contributed by atoms with E-state index in [1.807, 2.05) is 6.92 Å². The van der Waals surface area contributed by atoms with Crippen LogP contribution in [0.1, 0.15) is 34.1 Å². The molecule has 0 aliphatic carbocycles. The highest BCUT2D eigenvalue weighted by atomic mass is 16.5. The molecular weight excluding hydrogens is 230 g/mol. The van der Waals surface area contributed by atoms with Crippen molar-refractivity contribution in [2.24, 2.45) is 5.41 Å². The summed E-state index contributed by atoms with van der Waals surface area (Å²) in [6, 6.07) is 0.343. The molecule has 0 aliphatic heterocycles. The highest BCUT2D eigenvalue weighted by Crippen LogP contribution is 2.18. The molecular formula is C12H23N5O. The third-order valence-electron chi connectivity index (χ3n) is 2.27. The largest absolute Gasteiger partial charge is 0.464 e. The zero-order chi connectivity index (χ0) is 13.6. The number of rotatable bonds is 6. The van der Waals surface area contributed by atoms with Gasteiger partial charge in [0.15, 0.2) is 0 Å². The van der Waals surface area contributed by atoms with Crippen LogP contribution in [-0.2, 0) is 0 Å². The van der Waals surface area contributed by atoms with E-state index in [9.17, 15) is 0 Å². The fraction of sp³-hybridized carbons (Fsp3) is 0.750. The van der Waals surface area contributed by atoms with Gasteiger partial charge in [0, 0.05) is 13.6 Å². The van der Waals surface area contributed by atoms with Crippen molar-refractivity contribution in [2.45, 2.75) is 34.1 Å². The van der Waals surface area contributed by atoms with Crippen molar-refractivity contribution in [3.63, 3.8) is 0 Å². The maximum absolute atomic E-state index is 5.29. The molecule has 1 aromatic rings. The Morgan fingerprint density at radius 3 is 2.33 bits per heavy atom. The first-order chi connectivity index (χ1) is 8.44. The maximum atomic E-state index is 5.29. The fourth-order valence-electron chi connectivity index (χ4n) is 1.29. The van der Waals surface area contributed by atoms with E-state index in [1.54, 1.807) is 7.05 Å². The van der Waals surface area contributed by atoms with E-state index in [0.29, 0.717) is 24.5 Å². The number of nitrogens with one attached hydrogen (secondary N) is 2. The first kappa shape index (κ1) is 14.5. The Morgan fingerprint density at radius 2 is 1.78 bits per heavy atom. The van der Waals surface area contributed by atoms with Crippen molar-refractivity contribution in [3.05, 3.63) is 0 Å². The summed E-state index contributed by atoms with van der Waals surface area (Å²) in [5.74, 6) is 1.05.